The number of rotatable bonds is 4. The second kappa shape index (κ2) is 6.52. The van der Waals surface area contributed by atoms with Gasteiger partial charge in [-0.2, -0.15) is 0 Å². The highest BCUT2D eigenvalue weighted by Gasteiger charge is 2.06. The Morgan fingerprint density at radius 1 is 1.20 bits per heavy atom. The second-order valence-electron chi connectivity index (χ2n) is 4.21. The van der Waals surface area contributed by atoms with E-state index in [-0.39, 0.29) is 5.56 Å². The van der Waals surface area contributed by atoms with Crippen molar-refractivity contribution >= 4 is 12.0 Å². The van der Waals surface area contributed by atoms with Crippen molar-refractivity contribution in [2.75, 3.05) is 7.11 Å². The average molecular weight is 269 g/mol. The van der Waals surface area contributed by atoms with Crippen LogP contribution in [-0.4, -0.2) is 17.6 Å². The Labute approximate surface area is 116 Å². The van der Waals surface area contributed by atoms with E-state index in [9.17, 15) is 9.59 Å². The molecule has 0 N–H and O–H groups in total. The zero-order valence-corrected chi connectivity index (χ0v) is 11.2. The molecule has 0 radical (unpaired) electrons. The zero-order chi connectivity index (χ0) is 14.4. The summed E-state index contributed by atoms with van der Waals surface area (Å²) in [6.07, 6.45) is 5.30. The van der Waals surface area contributed by atoms with Gasteiger partial charge in [0.2, 0.25) is 0 Å². The molecule has 20 heavy (non-hydrogen) atoms. The summed E-state index contributed by atoms with van der Waals surface area (Å²) in [7, 11) is 1.31. The minimum atomic E-state index is -0.453. The van der Waals surface area contributed by atoms with E-state index in [1.54, 1.807) is 0 Å². The maximum atomic E-state index is 11.7. The third kappa shape index (κ3) is 3.45. The Bertz CT molecular complexity index is 672. The minimum absolute atomic E-state index is 0.157. The first-order valence-electron chi connectivity index (χ1n) is 6.21. The van der Waals surface area contributed by atoms with Crippen molar-refractivity contribution < 1.29 is 9.53 Å². The molecule has 0 spiro atoms. The molecule has 102 valence electrons. The number of methoxy groups -OCH3 is 1. The molecule has 2 rings (SSSR count). The first kappa shape index (κ1) is 13.8. The van der Waals surface area contributed by atoms with E-state index < -0.39 is 5.97 Å². The number of nitrogens with zero attached hydrogens (tertiary/aromatic N) is 1. The number of aromatic nitrogens is 1. The van der Waals surface area contributed by atoms with Gasteiger partial charge in [0.25, 0.3) is 5.56 Å². The van der Waals surface area contributed by atoms with Crippen molar-refractivity contribution in [2.45, 2.75) is 6.54 Å². The molecule has 0 aliphatic carbocycles. The fraction of sp³-hybridized carbons (Fsp3) is 0.125. The zero-order valence-electron chi connectivity index (χ0n) is 11.2. The maximum Gasteiger partial charge on any atom is 0.339 e. The van der Waals surface area contributed by atoms with Crippen LogP contribution in [0.5, 0.6) is 0 Å². The van der Waals surface area contributed by atoms with Gasteiger partial charge in [0.15, 0.2) is 0 Å². The number of allylic oxidation sites excluding steroid dienone is 1. The summed E-state index contributed by atoms with van der Waals surface area (Å²) < 4.78 is 6.10. The third-order valence-corrected chi connectivity index (χ3v) is 2.82. The van der Waals surface area contributed by atoms with Crippen molar-refractivity contribution in [3.63, 3.8) is 0 Å². The molecule has 0 saturated carbocycles. The first-order valence-corrected chi connectivity index (χ1v) is 6.21. The van der Waals surface area contributed by atoms with E-state index >= 15 is 0 Å². The molecule has 0 atom stereocenters. The lowest BCUT2D eigenvalue weighted by molar-refractivity contribution is 0.0599. The lowest BCUT2D eigenvalue weighted by Crippen LogP contribution is -2.19. The van der Waals surface area contributed by atoms with Gasteiger partial charge < -0.3 is 9.30 Å². The number of ether oxygens (including phenoxy) is 1. The van der Waals surface area contributed by atoms with Crippen LogP contribution in [0.3, 0.4) is 0 Å². The largest absolute Gasteiger partial charge is 0.465 e. The molecule has 0 saturated heterocycles. The van der Waals surface area contributed by atoms with Crippen LogP contribution >= 0.6 is 0 Å². The van der Waals surface area contributed by atoms with Gasteiger partial charge in [0.05, 0.1) is 12.7 Å². The molecule has 0 fully saturated rings. The van der Waals surface area contributed by atoms with Crippen LogP contribution in [0.4, 0.5) is 0 Å². The minimum Gasteiger partial charge on any atom is -0.465 e. The normalized spacial score (nSPS) is 10.7. The van der Waals surface area contributed by atoms with Gasteiger partial charge in [0.1, 0.15) is 0 Å². The van der Waals surface area contributed by atoms with E-state index in [1.165, 1.54) is 30.0 Å². The molecule has 0 amide bonds. The molecule has 0 unspecified atom stereocenters. The van der Waals surface area contributed by atoms with Crippen LogP contribution in [-0.2, 0) is 11.3 Å². The van der Waals surface area contributed by atoms with Crippen molar-refractivity contribution in [1.82, 2.24) is 4.57 Å². The van der Waals surface area contributed by atoms with Gasteiger partial charge in [-0.15, -0.1) is 0 Å². The van der Waals surface area contributed by atoms with Gasteiger partial charge in [0, 0.05) is 18.8 Å². The summed E-state index contributed by atoms with van der Waals surface area (Å²) >= 11 is 0. The monoisotopic (exact) mass is 269 g/mol. The van der Waals surface area contributed by atoms with Crippen molar-refractivity contribution in [2.24, 2.45) is 0 Å². The Hall–Kier alpha value is -2.62. The summed E-state index contributed by atoms with van der Waals surface area (Å²) in [5, 5.41) is 0. The molecular weight excluding hydrogens is 254 g/mol. The average Bonchev–Trinajstić information content (AvgIpc) is 2.49. The number of hydrogen-bond donors (Lipinski definition) is 0. The molecule has 0 bridgehead atoms. The number of hydrogen-bond acceptors (Lipinski definition) is 3. The molecule has 1 aromatic heterocycles. The molecule has 0 aliphatic rings. The van der Waals surface area contributed by atoms with Crippen molar-refractivity contribution in [3.05, 3.63) is 76.2 Å². The predicted molar refractivity (Wildman–Crippen MR) is 77.5 cm³/mol. The number of esters is 1. The van der Waals surface area contributed by atoms with Crippen molar-refractivity contribution in [3.8, 4) is 0 Å². The van der Waals surface area contributed by atoms with Crippen LogP contribution in [0.15, 0.2) is 59.5 Å². The Kier molecular flexibility index (Phi) is 4.50. The van der Waals surface area contributed by atoms with Gasteiger partial charge in [-0.25, -0.2) is 4.79 Å². The highest BCUT2D eigenvalue weighted by atomic mass is 16.5. The lowest BCUT2D eigenvalue weighted by atomic mass is 10.2. The van der Waals surface area contributed by atoms with Crippen LogP contribution in [0.25, 0.3) is 6.08 Å². The standard InChI is InChI=1S/C16H15NO3/c1-20-16(19)14-9-10-15(18)17(12-14)11-5-8-13-6-3-2-4-7-13/h2-10,12H,11H2,1H3. The molecule has 4 nitrogen and oxygen atoms in total. The highest BCUT2D eigenvalue weighted by Crippen LogP contribution is 2.02. The number of pyridine rings is 1. The molecular formula is C16H15NO3. The SMILES string of the molecule is COC(=O)c1ccc(=O)n(CC=Cc2ccccc2)c1. The fourth-order valence-electron chi connectivity index (χ4n) is 1.78. The van der Waals surface area contributed by atoms with E-state index in [2.05, 4.69) is 4.74 Å². The molecule has 1 heterocycles. The number of carbonyl (C=O) groups is 1. The van der Waals surface area contributed by atoms with Gasteiger partial charge in [-0.1, -0.05) is 42.5 Å². The summed E-state index contributed by atoms with van der Waals surface area (Å²) in [4.78, 5) is 23.1. The van der Waals surface area contributed by atoms with Crippen LogP contribution in [0, 0.1) is 0 Å². The highest BCUT2D eigenvalue weighted by molar-refractivity contribution is 5.88. The maximum absolute atomic E-state index is 11.7. The second-order valence-corrected chi connectivity index (χ2v) is 4.21. The van der Waals surface area contributed by atoms with Gasteiger partial charge >= 0.3 is 5.97 Å². The fourth-order valence-corrected chi connectivity index (χ4v) is 1.78. The molecule has 1 aromatic carbocycles. The van der Waals surface area contributed by atoms with Crippen LogP contribution in [0.1, 0.15) is 15.9 Å². The van der Waals surface area contributed by atoms with Crippen molar-refractivity contribution in [1.29, 1.82) is 0 Å². The molecule has 0 aliphatic heterocycles. The molecule has 4 heteroatoms. The first-order chi connectivity index (χ1) is 9.70. The summed E-state index contributed by atoms with van der Waals surface area (Å²) in [5.41, 5.74) is 1.26. The van der Waals surface area contributed by atoms with E-state index in [4.69, 9.17) is 0 Å². The Morgan fingerprint density at radius 3 is 2.65 bits per heavy atom. The van der Waals surface area contributed by atoms with Crippen LogP contribution in [0.2, 0.25) is 0 Å². The number of benzene rings is 1. The summed E-state index contributed by atoms with van der Waals surface area (Å²) in [6.45, 7) is 0.401. The van der Waals surface area contributed by atoms with Gasteiger partial charge in [-0.05, 0) is 11.6 Å². The van der Waals surface area contributed by atoms with E-state index in [1.807, 2.05) is 42.5 Å². The smallest absolute Gasteiger partial charge is 0.339 e. The Morgan fingerprint density at radius 2 is 1.95 bits per heavy atom. The van der Waals surface area contributed by atoms with E-state index in [0.29, 0.717) is 12.1 Å². The number of carbonyl (C=O) groups excluding carboxylic acids is 1. The summed E-state index contributed by atoms with van der Waals surface area (Å²) in [5.74, 6) is -0.453. The summed E-state index contributed by atoms with van der Waals surface area (Å²) in [6, 6.07) is 12.6. The Balaban J connectivity index is 2.15. The third-order valence-electron chi connectivity index (χ3n) is 2.82. The molecule has 2 aromatic rings. The predicted octanol–water partition coefficient (Wildman–Crippen LogP) is 2.35. The lowest BCUT2D eigenvalue weighted by Gasteiger charge is -2.04. The topological polar surface area (TPSA) is 48.3 Å². The van der Waals surface area contributed by atoms with Crippen LogP contribution < -0.4 is 5.56 Å². The van der Waals surface area contributed by atoms with Gasteiger partial charge in [-0.3, -0.25) is 4.79 Å². The quantitative estimate of drug-likeness (QED) is 0.800. The van der Waals surface area contributed by atoms with E-state index in [0.717, 1.165) is 5.56 Å².